The minimum Gasteiger partial charge on any atom is -0.462 e. The van der Waals surface area contributed by atoms with Crippen LogP contribution >= 0.6 is 0 Å². The zero-order chi connectivity index (χ0) is 49.3. The second kappa shape index (κ2) is 55.7. The molecule has 386 valence electrons. The van der Waals surface area contributed by atoms with Gasteiger partial charge in [-0.25, -0.2) is 0 Å². The van der Waals surface area contributed by atoms with Gasteiger partial charge in [-0.15, -0.1) is 0 Å². The van der Waals surface area contributed by atoms with E-state index in [2.05, 4.69) is 130 Å². The first-order chi connectivity index (χ1) is 33.5. The van der Waals surface area contributed by atoms with E-state index in [-0.39, 0.29) is 37.5 Å². The van der Waals surface area contributed by atoms with Crippen LogP contribution in [0.1, 0.15) is 245 Å². The molecule has 0 aromatic carbocycles. The van der Waals surface area contributed by atoms with Gasteiger partial charge in [0, 0.05) is 19.3 Å². The Balaban J connectivity index is 4.26. The second-order valence-corrected chi connectivity index (χ2v) is 18.1. The lowest BCUT2D eigenvalue weighted by atomic mass is 10.0. The molecule has 0 aliphatic carbocycles. The molecule has 0 saturated carbocycles. The Hall–Kier alpha value is -3.93. The van der Waals surface area contributed by atoms with Crippen molar-refractivity contribution in [1.29, 1.82) is 0 Å². The minimum atomic E-state index is -0.797. The fourth-order valence-electron chi connectivity index (χ4n) is 7.38. The molecule has 6 heteroatoms. The molecule has 6 nitrogen and oxygen atoms in total. The lowest BCUT2D eigenvalue weighted by molar-refractivity contribution is -0.167. The van der Waals surface area contributed by atoms with Gasteiger partial charge in [0.15, 0.2) is 6.10 Å². The third kappa shape index (κ3) is 53.0. The zero-order valence-corrected chi connectivity index (χ0v) is 44.1. The Bertz CT molecular complexity index is 1410. The highest BCUT2D eigenvalue weighted by Crippen LogP contribution is 2.15. The van der Waals surface area contributed by atoms with Crippen LogP contribution in [0.25, 0.3) is 0 Å². The third-order valence-corrected chi connectivity index (χ3v) is 11.5. The van der Waals surface area contributed by atoms with Crippen molar-refractivity contribution in [3.63, 3.8) is 0 Å². The summed E-state index contributed by atoms with van der Waals surface area (Å²) < 4.78 is 16.7. The number of ether oxygens (including phenoxy) is 3. The van der Waals surface area contributed by atoms with Crippen LogP contribution in [0.2, 0.25) is 0 Å². The monoisotopic (exact) mass is 943 g/mol. The SMILES string of the molecule is CC/C=C\C/C=C\C/C=C\C/C=C\C/C=C\C/C=C\C/C=C\C/C=C\C/C=C\CCCC(=O)OCC(COC(=O)CCCCCCCC)OC(=O)CCCCCCCCCCCCCCCCC. The van der Waals surface area contributed by atoms with Crippen molar-refractivity contribution in [3.8, 4) is 0 Å². The van der Waals surface area contributed by atoms with Crippen LogP contribution in [-0.4, -0.2) is 37.2 Å². The van der Waals surface area contributed by atoms with Crippen molar-refractivity contribution >= 4 is 17.9 Å². The molecule has 0 radical (unpaired) electrons. The molecule has 0 bridgehead atoms. The van der Waals surface area contributed by atoms with Gasteiger partial charge in [0.2, 0.25) is 0 Å². The summed E-state index contributed by atoms with van der Waals surface area (Å²) >= 11 is 0. The smallest absolute Gasteiger partial charge is 0.306 e. The van der Waals surface area contributed by atoms with Crippen LogP contribution in [0.15, 0.2) is 109 Å². The van der Waals surface area contributed by atoms with Crippen molar-refractivity contribution in [2.75, 3.05) is 13.2 Å². The number of allylic oxidation sites excluding steroid dienone is 18. The van der Waals surface area contributed by atoms with E-state index in [4.69, 9.17) is 14.2 Å². The Labute approximate surface area is 419 Å². The van der Waals surface area contributed by atoms with Crippen LogP contribution in [-0.2, 0) is 28.6 Å². The first kappa shape index (κ1) is 64.1. The molecular formula is C62H102O6. The normalized spacial score (nSPS) is 12.9. The first-order valence-electron chi connectivity index (χ1n) is 27.9. The Morgan fingerprint density at radius 1 is 0.309 bits per heavy atom. The van der Waals surface area contributed by atoms with Crippen LogP contribution < -0.4 is 0 Å². The molecule has 0 fully saturated rings. The number of hydrogen-bond acceptors (Lipinski definition) is 6. The van der Waals surface area contributed by atoms with Gasteiger partial charge in [-0.1, -0.05) is 252 Å². The number of carbonyl (C=O) groups is 3. The molecule has 0 saturated heterocycles. The molecular weight excluding hydrogens is 841 g/mol. The molecule has 0 heterocycles. The molecule has 0 aliphatic rings. The van der Waals surface area contributed by atoms with E-state index in [9.17, 15) is 14.4 Å². The lowest BCUT2D eigenvalue weighted by Crippen LogP contribution is -2.30. The molecule has 0 spiro atoms. The Morgan fingerprint density at radius 2 is 0.574 bits per heavy atom. The fourth-order valence-corrected chi connectivity index (χ4v) is 7.38. The van der Waals surface area contributed by atoms with E-state index in [1.54, 1.807) is 0 Å². The van der Waals surface area contributed by atoms with Gasteiger partial charge >= 0.3 is 17.9 Å². The van der Waals surface area contributed by atoms with E-state index in [1.807, 2.05) is 0 Å². The van der Waals surface area contributed by atoms with E-state index >= 15 is 0 Å². The molecule has 1 unspecified atom stereocenters. The van der Waals surface area contributed by atoms with Crippen molar-refractivity contribution in [3.05, 3.63) is 109 Å². The highest BCUT2D eigenvalue weighted by Gasteiger charge is 2.19. The minimum absolute atomic E-state index is 0.0952. The summed E-state index contributed by atoms with van der Waals surface area (Å²) in [5.41, 5.74) is 0. The van der Waals surface area contributed by atoms with Crippen LogP contribution in [0.5, 0.6) is 0 Å². The third-order valence-electron chi connectivity index (χ3n) is 11.5. The Kier molecular flexibility index (Phi) is 52.4. The molecule has 0 rings (SSSR count). The zero-order valence-electron chi connectivity index (χ0n) is 44.1. The highest BCUT2D eigenvalue weighted by atomic mass is 16.6. The fraction of sp³-hybridized carbons (Fsp3) is 0.661. The van der Waals surface area contributed by atoms with Gasteiger partial charge < -0.3 is 14.2 Å². The molecule has 0 amide bonds. The summed E-state index contributed by atoms with van der Waals surface area (Å²) in [6, 6.07) is 0. The number of carbonyl (C=O) groups excluding carboxylic acids is 3. The standard InChI is InChI=1S/C62H102O6/c1-4-7-10-13-16-18-20-22-24-25-26-27-28-29-30-31-32-33-34-35-36-37-39-40-42-44-46-49-52-55-61(64)67-58-59(57-66-60(63)54-51-48-15-12-9-6-3)68-62(65)56-53-50-47-45-43-41-38-23-21-19-17-14-11-8-5-2/h7,10,16,18,22,24,26-27,29-30,32-33,35-36,39-40,44,46,59H,4-6,8-9,11-15,17,19-21,23,25,28,31,34,37-38,41-43,45,47-58H2,1-3H3/b10-7-,18-16-,24-22-,27-26-,30-29-,33-32-,36-35-,40-39-,46-44-. The van der Waals surface area contributed by atoms with Crippen LogP contribution in [0, 0.1) is 0 Å². The molecule has 0 N–H and O–H groups in total. The van der Waals surface area contributed by atoms with Crippen molar-refractivity contribution in [2.45, 2.75) is 252 Å². The average molecular weight is 943 g/mol. The molecule has 0 aliphatic heterocycles. The summed E-state index contributed by atoms with van der Waals surface area (Å²) in [5.74, 6) is -0.968. The van der Waals surface area contributed by atoms with E-state index in [1.165, 1.54) is 96.3 Å². The summed E-state index contributed by atoms with van der Waals surface area (Å²) in [5, 5.41) is 0. The predicted molar refractivity (Wildman–Crippen MR) is 293 cm³/mol. The number of esters is 3. The van der Waals surface area contributed by atoms with Gasteiger partial charge in [0.1, 0.15) is 13.2 Å². The first-order valence-corrected chi connectivity index (χ1v) is 27.9. The number of hydrogen-bond donors (Lipinski definition) is 0. The molecule has 0 aromatic heterocycles. The maximum absolute atomic E-state index is 12.8. The van der Waals surface area contributed by atoms with Gasteiger partial charge in [0.25, 0.3) is 0 Å². The summed E-state index contributed by atoms with van der Waals surface area (Å²) in [6.45, 7) is 6.41. The van der Waals surface area contributed by atoms with E-state index in [0.717, 1.165) is 103 Å². The maximum Gasteiger partial charge on any atom is 0.306 e. The second-order valence-electron chi connectivity index (χ2n) is 18.1. The van der Waals surface area contributed by atoms with Gasteiger partial charge in [-0.2, -0.15) is 0 Å². The largest absolute Gasteiger partial charge is 0.462 e. The predicted octanol–water partition coefficient (Wildman–Crippen LogP) is 18.7. The average Bonchev–Trinajstić information content (AvgIpc) is 3.34. The molecule has 68 heavy (non-hydrogen) atoms. The van der Waals surface area contributed by atoms with E-state index in [0.29, 0.717) is 19.3 Å². The quantitative estimate of drug-likeness (QED) is 0.0262. The summed E-state index contributed by atoms with van der Waals surface area (Å²) in [6.07, 6.45) is 75.4. The van der Waals surface area contributed by atoms with Gasteiger partial charge in [-0.3, -0.25) is 14.4 Å². The topological polar surface area (TPSA) is 78.9 Å². The van der Waals surface area contributed by atoms with Gasteiger partial charge in [0.05, 0.1) is 0 Å². The molecule has 1 atom stereocenters. The van der Waals surface area contributed by atoms with Crippen molar-refractivity contribution in [1.82, 2.24) is 0 Å². The Morgan fingerprint density at radius 3 is 0.897 bits per heavy atom. The van der Waals surface area contributed by atoms with Crippen molar-refractivity contribution < 1.29 is 28.6 Å². The van der Waals surface area contributed by atoms with Crippen LogP contribution in [0.3, 0.4) is 0 Å². The van der Waals surface area contributed by atoms with Crippen LogP contribution in [0.4, 0.5) is 0 Å². The highest BCUT2D eigenvalue weighted by molar-refractivity contribution is 5.71. The van der Waals surface area contributed by atoms with Gasteiger partial charge in [-0.05, 0) is 83.5 Å². The summed E-state index contributed by atoms with van der Waals surface area (Å²) in [7, 11) is 0. The number of rotatable bonds is 49. The van der Waals surface area contributed by atoms with Crippen molar-refractivity contribution in [2.24, 2.45) is 0 Å². The van der Waals surface area contributed by atoms with E-state index < -0.39 is 6.10 Å². The number of unbranched alkanes of at least 4 members (excludes halogenated alkanes) is 20. The lowest BCUT2D eigenvalue weighted by Gasteiger charge is -2.18. The summed E-state index contributed by atoms with van der Waals surface area (Å²) in [4.78, 5) is 37.8. The molecule has 0 aromatic rings. The maximum atomic E-state index is 12.8.